The molecule has 3 rings (SSSR count). The van der Waals surface area contributed by atoms with Gasteiger partial charge in [-0.15, -0.1) is 10.2 Å². The van der Waals surface area contributed by atoms with Crippen LogP contribution in [0.2, 0.25) is 0 Å². The van der Waals surface area contributed by atoms with Crippen LogP contribution in [-0.4, -0.2) is 39.5 Å². The Balaban J connectivity index is 1.82. The molecule has 11 nitrogen and oxygen atoms in total. The summed E-state index contributed by atoms with van der Waals surface area (Å²) in [6.07, 6.45) is 2.03. The van der Waals surface area contributed by atoms with Crippen molar-refractivity contribution in [2.75, 3.05) is 18.6 Å². The van der Waals surface area contributed by atoms with E-state index in [-0.39, 0.29) is 28.8 Å². The first-order valence-electron chi connectivity index (χ1n) is 9.93. The normalized spacial score (nSPS) is 10.8. The van der Waals surface area contributed by atoms with E-state index in [1.807, 2.05) is 13.0 Å². The number of hydrogen-bond donors (Lipinski definition) is 2. The first-order chi connectivity index (χ1) is 15.5. The molecule has 32 heavy (non-hydrogen) atoms. The average Bonchev–Trinajstić information content (AvgIpc) is 2.79. The summed E-state index contributed by atoms with van der Waals surface area (Å²) in [6.45, 7) is 4.30. The third-order valence-electron chi connectivity index (χ3n) is 4.13. The Morgan fingerprint density at radius 3 is 2.62 bits per heavy atom. The molecule has 11 heteroatoms. The maximum Gasteiger partial charge on any atom is 0.315 e. The molecular formula is C21H22N6O5. The highest BCUT2D eigenvalue weighted by atomic mass is 16.6. The highest BCUT2D eigenvalue weighted by molar-refractivity contribution is 5.83. The van der Waals surface area contributed by atoms with Gasteiger partial charge < -0.3 is 9.47 Å². The van der Waals surface area contributed by atoms with Crippen LogP contribution in [0.5, 0.6) is 11.5 Å². The molecule has 0 aliphatic rings. The van der Waals surface area contributed by atoms with Gasteiger partial charge in [-0.25, -0.2) is 5.43 Å². The third kappa shape index (κ3) is 5.45. The molecule has 0 unspecified atom stereocenters. The van der Waals surface area contributed by atoms with E-state index in [0.29, 0.717) is 30.8 Å². The predicted molar refractivity (Wildman–Crippen MR) is 119 cm³/mol. The quantitative estimate of drug-likeness (QED) is 0.278. The van der Waals surface area contributed by atoms with E-state index >= 15 is 0 Å². The number of benzene rings is 2. The first-order valence-corrected chi connectivity index (χ1v) is 9.93. The molecule has 0 fully saturated rings. The molecule has 1 heterocycles. The number of hydrogen-bond acceptors (Lipinski definition) is 9. The zero-order valence-electron chi connectivity index (χ0n) is 17.6. The van der Waals surface area contributed by atoms with Crippen LogP contribution in [-0.2, 0) is 0 Å². The van der Waals surface area contributed by atoms with Crippen LogP contribution in [0.15, 0.2) is 52.4 Å². The van der Waals surface area contributed by atoms with Crippen molar-refractivity contribution in [1.29, 1.82) is 0 Å². The van der Waals surface area contributed by atoms with Crippen molar-refractivity contribution < 1.29 is 14.4 Å². The molecule has 0 saturated heterocycles. The maximum absolute atomic E-state index is 12.3. The average molecular weight is 438 g/mol. The highest BCUT2D eigenvalue weighted by Gasteiger charge is 2.22. The lowest BCUT2D eigenvalue weighted by molar-refractivity contribution is -0.386. The summed E-state index contributed by atoms with van der Waals surface area (Å²) in [5.41, 5.74) is 3.11. The number of nitro benzene ring substituents is 1. The standard InChI is InChI=1S/C21H22N6O5/c1-3-10-32-19-16(27(29)30)11-14(12-17(19)31-4-2)13-22-25-21-23-20(28)18(24-26-21)15-8-6-5-7-9-15/h5-9,11-13H,3-4,10H2,1-2H3,(H2,23,25,26,28)/b22-13+. The fourth-order valence-corrected chi connectivity index (χ4v) is 2.77. The van der Waals surface area contributed by atoms with Crippen molar-refractivity contribution in [3.05, 3.63) is 68.5 Å². The van der Waals surface area contributed by atoms with E-state index in [9.17, 15) is 14.9 Å². The second-order valence-electron chi connectivity index (χ2n) is 6.49. The lowest BCUT2D eigenvalue weighted by atomic mass is 10.2. The van der Waals surface area contributed by atoms with Crippen molar-refractivity contribution in [2.24, 2.45) is 5.10 Å². The fraction of sp³-hybridized carbons (Fsp3) is 0.238. The summed E-state index contributed by atoms with van der Waals surface area (Å²) in [4.78, 5) is 25.8. The van der Waals surface area contributed by atoms with Crippen LogP contribution in [0.1, 0.15) is 25.8 Å². The lowest BCUT2D eigenvalue weighted by Crippen LogP contribution is -2.15. The van der Waals surface area contributed by atoms with Gasteiger partial charge >= 0.3 is 5.69 Å². The SMILES string of the molecule is CCCOc1c(OCC)cc(/C=N/Nc2nnc(-c3ccccc3)c(=O)[nH]2)cc1[N+](=O)[O-]. The fourth-order valence-electron chi connectivity index (χ4n) is 2.77. The van der Waals surface area contributed by atoms with E-state index in [0.717, 1.165) is 0 Å². The topological polar surface area (TPSA) is 145 Å². The van der Waals surface area contributed by atoms with Gasteiger partial charge in [0.15, 0.2) is 11.4 Å². The summed E-state index contributed by atoms with van der Waals surface area (Å²) >= 11 is 0. The smallest absolute Gasteiger partial charge is 0.315 e. The van der Waals surface area contributed by atoms with Crippen molar-refractivity contribution in [2.45, 2.75) is 20.3 Å². The van der Waals surface area contributed by atoms with Crippen LogP contribution in [0, 0.1) is 10.1 Å². The molecular weight excluding hydrogens is 416 g/mol. The third-order valence-corrected chi connectivity index (χ3v) is 4.13. The molecule has 0 aliphatic heterocycles. The van der Waals surface area contributed by atoms with Gasteiger partial charge in [0.05, 0.1) is 24.4 Å². The van der Waals surface area contributed by atoms with Crippen molar-refractivity contribution >= 4 is 17.9 Å². The number of rotatable bonds is 10. The molecule has 0 bridgehead atoms. The minimum absolute atomic E-state index is 0.0216. The monoisotopic (exact) mass is 438 g/mol. The Bertz CT molecular complexity index is 1160. The molecule has 2 N–H and O–H groups in total. The van der Waals surface area contributed by atoms with Gasteiger partial charge in [0.2, 0.25) is 11.7 Å². The molecule has 0 amide bonds. The number of nitrogens with zero attached hydrogens (tertiary/aromatic N) is 4. The van der Waals surface area contributed by atoms with Gasteiger partial charge in [-0.3, -0.25) is 19.9 Å². The molecule has 1 aromatic heterocycles. The number of H-pyrrole nitrogens is 1. The minimum atomic E-state index is -0.538. The molecule has 0 spiro atoms. The summed E-state index contributed by atoms with van der Waals surface area (Å²) in [5.74, 6) is 0.348. The summed E-state index contributed by atoms with van der Waals surface area (Å²) in [6, 6.07) is 11.8. The van der Waals surface area contributed by atoms with E-state index < -0.39 is 10.5 Å². The number of nitrogens with one attached hydrogen (secondary N) is 2. The number of ether oxygens (including phenoxy) is 2. The second-order valence-corrected chi connectivity index (χ2v) is 6.49. The Morgan fingerprint density at radius 2 is 1.97 bits per heavy atom. The molecule has 0 aliphatic carbocycles. The van der Waals surface area contributed by atoms with Gasteiger partial charge in [0.1, 0.15) is 0 Å². The first kappa shape index (κ1) is 22.4. The van der Waals surface area contributed by atoms with Crippen molar-refractivity contribution in [3.63, 3.8) is 0 Å². The molecule has 0 atom stereocenters. The van der Waals surface area contributed by atoms with E-state index in [1.165, 1.54) is 12.3 Å². The van der Waals surface area contributed by atoms with Crippen LogP contribution < -0.4 is 20.5 Å². The number of nitro groups is 1. The zero-order valence-corrected chi connectivity index (χ0v) is 17.6. The van der Waals surface area contributed by atoms with Gasteiger partial charge in [-0.05, 0) is 19.4 Å². The molecule has 0 radical (unpaired) electrons. The lowest BCUT2D eigenvalue weighted by Gasteiger charge is -2.12. The number of aromatic amines is 1. The van der Waals surface area contributed by atoms with E-state index in [1.54, 1.807) is 37.3 Å². The van der Waals surface area contributed by atoms with Crippen LogP contribution in [0.4, 0.5) is 11.6 Å². The van der Waals surface area contributed by atoms with Gasteiger partial charge in [0, 0.05) is 17.2 Å². The Hall–Kier alpha value is -4.28. The minimum Gasteiger partial charge on any atom is -0.490 e. The predicted octanol–water partition coefficient (Wildman–Crippen LogP) is 3.37. The number of aromatic nitrogens is 3. The van der Waals surface area contributed by atoms with Gasteiger partial charge in [-0.2, -0.15) is 5.10 Å². The Morgan fingerprint density at radius 1 is 1.19 bits per heavy atom. The number of anilines is 1. The summed E-state index contributed by atoms with van der Waals surface area (Å²) in [5, 5.41) is 23.3. The Kier molecular flexibility index (Phi) is 7.46. The molecule has 3 aromatic rings. The molecule has 0 saturated carbocycles. The van der Waals surface area contributed by atoms with Gasteiger partial charge in [0.25, 0.3) is 5.56 Å². The highest BCUT2D eigenvalue weighted by Crippen LogP contribution is 2.38. The van der Waals surface area contributed by atoms with E-state index in [4.69, 9.17) is 9.47 Å². The Labute approximate surface area is 183 Å². The van der Waals surface area contributed by atoms with Gasteiger partial charge in [-0.1, -0.05) is 37.3 Å². The molecule has 2 aromatic carbocycles. The maximum atomic E-state index is 12.3. The van der Waals surface area contributed by atoms with Crippen molar-refractivity contribution in [1.82, 2.24) is 15.2 Å². The van der Waals surface area contributed by atoms with E-state index in [2.05, 4.69) is 25.7 Å². The summed E-state index contributed by atoms with van der Waals surface area (Å²) < 4.78 is 11.1. The second kappa shape index (κ2) is 10.7. The largest absolute Gasteiger partial charge is 0.490 e. The van der Waals surface area contributed by atoms with Crippen molar-refractivity contribution in [3.8, 4) is 22.8 Å². The van der Waals surface area contributed by atoms with Crippen LogP contribution in [0.25, 0.3) is 11.3 Å². The number of hydrazone groups is 1. The summed E-state index contributed by atoms with van der Waals surface area (Å²) in [7, 11) is 0. The molecule has 166 valence electrons. The van der Waals surface area contributed by atoms with Crippen LogP contribution >= 0.6 is 0 Å². The van der Waals surface area contributed by atoms with Crippen LogP contribution in [0.3, 0.4) is 0 Å². The zero-order chi connectivity index (χ0) is 22.9.